The fraction of sp³-hybridized carbons (Fsp3) is 0.167. The minimum absolute atomic E-state index is 0.234. The lowest BCUT2D eigenvalue weighted by Crippen LogP contribution is -2.40. The van der Waals surface area contributed by atoms with E-state index in [0.717, 1.165) is 39.3 Å². The number of fused-ring (bicyclic) bond motifs is 1. The molecule has 7 nitrogen and oxygen atoms in total. The Balaban J connectivity index is 1.48. The second-order valence-electron chi connectivity index (χ2n) is 12.3. The van der Waals surface area contributed by atoms with E-state index in [2.05, 4.69) is 47.0 Å². The van der Waals surface area contributed by atoms with Crippen molar-refractivity contribution in [1.29, 1.82) is 0 Å². The summed E-state index contributed by atoms with van der Waals surface area (Å²) >= 11 is 1.32. The van der Waals surface area contributed by atoms with Crippen LogP contribution in [0.5, 0.6) is 5.75 Å². The van der Waals surface area contributed by atoms with Crippen LogP contribution in [-0.4, -0.2) is 27.8 Å². The van der Waals surface area contributed by atoms with E-state index in [-0.39, 0.29) is 11.7 Å². The SMILES string of the molecule is CCOc1ccc([C@@H]2C(C(=O)OC(C)C)=C(C)N=c3s/c(=C/c4cc(-c5ccccc5)n(-c5ccccc5)c4-c4ccccc4)c(=O)n32)cc1. The summed E-state index contributed by atoms with van der Waals surface area (Å²) in [6.07, 6.45) is 1.62. The van der Waals surface area contributed by atoms with Gasteiger partial charge in [0.1, 0.15) is 5.75 Å². The van der Waals surface area contributed by atoms with Crippen LogP contribution in [-0.2, 0) is 9.53 Å². The molecule has 8 heteroatoms. The van der Waals surface area contributed by atoms with Gasteiger partial charge in [0, 0.05) is 11.3 Å². The number of hydrogen-bond acceptors (Lipinski definition) is 6. The fourth-order valence-corrected chi connectivity index (χ4v) is 7.47. The number of benzene rings is 4. The van der Waals surface area contributed by atoms with Gasteiger partial charge in [-0.25, -0.2) is 9.79 Å². The van der Waals surface area contributed by atoms with Crippen LogP contribution >= 0.6 is 11.3 Å². The first-order chi connectivity index (χ1) is 24.3. The molecule has 250 valence electrons. The van der Waals surface area contributed by atoms with Crippen LogP contribution in [0, 0.1) is 0 Å². The lowest BCUT2D eigenvalue weighted by atomic mass is 9.96. The molecule has 7 rings (SSSR count). The first-order valence-corrected chi connectivity index (χ1v) is 17.5. The average Bonchev–Trinajstić information content (AvgIpc) is 3.66. The van der Waals surface area contributed by atoms with Crippen LogP contribution in [0.4, 0.5) is 0 Å². The molecule has 50 heavy (non-hydrogen) atoms. The Kier molecular flexibility index (Phi) is 9.19. The highest BCUT2D eigenvalue weighted by atomic mass is 32.1. The molecule has 0 spiro atoms. The number of esters is 1. The number of allylic oxidation sites excluding steroid dienone is 1. The highest BCUT2D eigenvalue weighted by molar-refractivity contribution is 7.07. The summed E-state index contributed by atoms with van der Waals surface area (Å²) in [6, 6.07) is 39.7. The summed E-state index contributed by atoms with van der Waals surface area (Å²) in [5.74, 6) is 0.217. The lowest BCUT2D eigenvalue weighted by molar-refractivity contribution is -0.143. The van der Waals surface area contributed by atoms with E-state index in [0.29, 0.717) is 33.0 Å². The van der Waals surface area contributed by atoms with Gasteiger partial charge in [-0.3, -0.25) is 9.36 Å². The molecular weight excluding hydrogens is 643 g/mol. The molecule has 1 atom stereocenters. The van der Waals surface area contributed by atoms with E-state index in [1.54, 1.807) is 11.5 Å². The number of carbonyl (C=O) groups excluding carboxylic acids is 1. The first-order valence-electron chi connectivity index (χ1n) is 16.7. The maximum Gasteiger partial charge on any atom is 0.338 e. The van der Waals surface area contributed by atoms with Crippen LogP contribution < -0.4 is 19.6 Å². The summed E-state index contributed by atoms with van der Waals surface area (Å²) in [5, 5.41) is 0. The third kappa shape index (κ3) is 6.26. The van der Waals surface area contributed by atoms with Crippen LogP contribution in [0.1, 0.15) is 44.9 Å². The summed E-state index contributed by atoms with van der Waals surface area (Å²) in [5.41, 5.74) is 7.30. The van der Waals surface area contributed by atoms with Gasteiger partial charge in [-0.1, -0.05) is 102 Å². The number of rotatable bonds is 9. The number of aromatic nitrogens is 2. The number of hydrogen-bond donors (Lipinski definition) is 0. The van der Waals surface area contributed by atoms with E-state index in [9.17, 15) is 9.59 Å². The van der Waals surface area contributed by atoms with E-state index < -0.39 is 12.0 Å². The van der Waals surface area contributed by atoms with Crippen LogP contribution in [0.2, 0.25) is 0 Å². The minimum atomic E-state index is -0.724. The molecule has 0 N–H and O–H groups in total. The summed E-state index contributed by atoms with van der Waals surface area (Å²) < 4.78 is 15.8. The molecule has 0 saturated heterocycles. The van der Waals surface area contributed by atoms with E-state index >= 15 is 0 Å². The van der Waals surface area contributed by atoms with Crippen molar-refractivity contribution in [3.63, 3.8) is 0 Å². The fourth-order valence-electron chi connectivity index (χ4n) is 6.43. The molecule has 0 bridgehead atoms. The molecule has 4 aromatic carbocycles. The van der Waals surface area contributed by atoms with Crippen molar-refractivity contribution in [3.05, 3.63) is 163 Å². The van der Waals surface area contributed by atoms with Crippen molar-refractivity contribution >= 4 is 23.4 Å². The zero-order chi connectivity index (χ0) is 34.8. The highest BCUT2D eigenvalue weighted by Crippen LogP contribution is 2.37. The molecule has 2 aromatic heterocycles. The van der Waals surface area contributed by atoms with Gasteiger partial charge in [0.15, 0.2) is 4.80 Å². The Hall–Kier alpha value is -5.73. The Bertz CT molecular complexity index is 2370. The Morgan fingerprint density at radius 3 is 2.12 bits per heavy atom. The second-order valence-corrected chi connectivity index (χ2v) is 13.3. The zero-order valence-electron chi connectivity index (χ0n) is 28.4. The number of carbonyl (C=O) groups is 1. The van der Waals surface area contributed by atoms with Gasteiger partial charge in [0.05, 0.1) is 45.9 Å². The summed E-state index contributed by atoms with van der Waals surface area (Å²) in [7, 11) is 0. The van der Waals surface area contributed by atoms with Gasteiger partial charge in [0.2, 0.25) is 0 Å². The Morgan fingerprint density at radius 2 is 1.50 bits per heavy atom. The molecule has 0 radical (unpaired) electrons. The van der Waals surface area contributed by atoms with Crippen molar-refractivity contribution in [3.8, 4) is 34.0 Å². The summed E-state index contributed by atoms with van der Waals surface area (Å²) in [4.78, 5) is 33.6. The highest BCUT2D eigenvalue weighted by Gasteiger charge is 2.34. The van der Waals surface area contributed by atoms with E-state index in [1.807, 2.05) is 106 Å². The number of ether oxygens (including phenoxy) is 2. The molecule has 0 amide bonds. The van der Waals surface area contributed by atoms with Crippen molar-refractivity contribution in [2.75, 3.05) is 6.61 Å². The predicted octanol–water partition coefficient (Wildman–Crippen LogP) is 7.71. The molecule has 6 aromatic rings. The smallest absolute Gasteiger partial charge is 0.338 e. The quantitative estimate of drug-likeness (QED) is 0.147. The maximum absolute atomic E-state index is 14.6. The third-order valence-corrected chi connectivity index (χ3v) is 9.52. The minimum Gasteiger partial charge on any atom is -0.494 e. The lowest BCUT2D eigenvalue weighted by Gasteiger charge is -2.25. The van der Waals surface area contributed by atoms with Gasteiger partial charge >= 0.3 is 5.97 Å². The maximum atomic E-state index is 14.6. The van der Waals surface area contributed by atoms with Crippen LogP contribution in [0.15, 0.2) is 142 Å². The number of thiazole rings is 1. The van der Waals surface area contributed by atoms with Crippen molar-refractivity contribution in [1.82, 2.24) is 9.13 Å². The predicted molar refractivity (Wildman–Crippen MR) is 199 cm³/mol. The third-order valence-electron chi connectivity index (χ3n) is 8.54. The van der Waals surface area contributed by atoms with Crippen molar-refractivity contribution in [2.45, 2.75) is 39.8 Å². The monoisotopic (exact) mass is 679 g/mol. The standard InChI is InChI=1S/C42H37N3O4S/c1-5-48-34-23-21-31(22-24-34)39-37(41(47)49-27(2)3)28(4)43-42-45(39)40(46)36(50-42)26-32-25-35(29-15-9-6-10-16-29)44(33-19-13-8-14-20-33)38(32)30-17-11-7-12-18-30/h6-27,39H,5H2,1-4H3/b36-26+/t39-/m1/s1. The number of para-hydroxylation sites is 1. The van der Waals surface area contributed by atoms with E-state index in [1.165, 1.54) is 11.3 Å². The normalized spacial score (nSPS) is 14.4. The Labute approximate surface area is 294 Å². The molecule has 3 heterocycles. The van der Waals surface area contributed by atoms with Gasteiger partial charge in [-0.2, -0.15) is 0 Å². The molecule has 0 fully saturated rings. The van der Waals surface area contributed by atoms with Crippen LogP contribution in [0.25, 0.3) is 34.3 Å². The van der Waals surface area contributed by atoms with Gasteiger partial charge in [0.25, 0.3) is 5.56 Å². The topological polar surface area (TPSA) is 74.8 Å². The van der Waals surface area contributed by atoms with Gasteiger partial charge < -0.3 is 14.0 Å². The van der Waals surface area contributed by atoms with E-state index in [4.69, 9.17) is 14.5 Å². The molecular formula is C42H37N3O4S. The molecule has 1 aliphatic heterocycles. The van der Waals surface area contributed by atoms with Crippen molar-refractivity contribution in [2.24, 2.45) is 4.99 Å². The van der Waals surface area contributed by atoms with Gasteiger partial charge in [-0.05, 0) is 80.8 Å². The summed E-state index contributed by atoms with van der Waals surface area (Å²) in [6.45, 7) is 7.88. The molecule has 0 aliphatic carbocycles. The second kappa shape index (κ2) is 14.0. The number of nitrogens with zero attached hydrogens (tertiary/aromatic N) is 3. The Morgan fingerprint density at radius 1 is 0.880 bits per heavy atom. The van der Waals surface area contributed by atoms with Crippen LogP contribution in [0.3, 0.4) is 0 Å². The van der Waals surface area contributed by atoms with Gasteiger partial charge in [-0.15, -0.1) is 0 Å². The largest absolute Gasteiger partial charge is 0.494 e. The average molecular weight is 680 g/mol. The van der Waals surface area contributed by atoms with Crippen molar-refractivity contribution < 1.29 is 14.3 Å². The molecule has 0 saturated carbocycles. The first kappa shape index (κ1) is 32.8. The molecule has 1 aliphatic rings. The zero-order valence-corrected chi connectivity index (χ0v) is 29.2. The molecule has 0 unspecified atom stereocenters.